The van der Waals surface area contributed by atoms with Crippen LogP contribution in [0, 0.1) is 0 Å². The first-order chi connectivity index (χ1) is 13.1. The van der Waals surface area contributed by atoms with Crippen molar-refractivity contribution in [3.63, 3.8) is 0 Å². The molecule has 0 amide bonds. The van der Waals surface area contributed by atoms with Gasteiger partial charge >= 0.3 is 0 Å². The molecule has 0 aliphatic carbocycles. The summed E-state index contributed by atoms with van der Waals surface area (Å²) in [5.41, 5.74) is 3.42. The van der Waals surface area contributed by atoms with Crippen molar-refractivity contribution >= 4 is 45.2 Å². The van der Waals surface area contributed by atoms with Crippen molar-refractivity contribution in [2.24, 2.45) is 0 Å². The van der Waals surface area contributed by atoms with Crippen molar-refractivity contribution in [2.75, 3.05) is 38.1 Å². The number of fused-ring (bicyclic) bond motifs is 2. The number of hydrogen-bond acceptors (Lipinski definition) is 6. The van der Waals surface area contributed by atoms with Crippen LogP contribution in [-0.2, 0) is 0 Å². The van der Waals surface area contributed by atoms with E-state index in [0.29, 0.717) is 21.4 Å². The number of halogens is 1. The second kappa shape index (κ2) is 6.53. The van der Waals surface area contributed by atoms with Gasteiger partial charge in [-0.05, 0) is 25.3 Å². The molecule has 4 heterocycles. The van der Waals surface area contributed by atoms with E-state index < -0.39 is 6.29 Å². The third-order valence-corrected chi connectivity index (χ3v) is 6.22. The lowest BCUT2D eigenvalue weighted by molar-refractivity contribution is 0.0318. The van der Waals surface area contributed by atoms with Crippen LogP contribution in [0.5, 0.6) is 5.75 Å². The van der Waals surface area contributed by atoms with E-state index in [0.717, 1.165) is 42.4 Å². The first-order valence-corrected chi connectivity index (χ1v) is 10.0. The first-order valence-electron chi connectivity index (χ1n) is 8.85. The monoisotopic (exact) mass is 402 g/mol. The second-order valence-electron chi connectivity index (χ2n) is 6.93. The van der Waals surface area contributed by atoms with E-state index in [4.69, 9.17) is 16.3 Å². The maximum Gasteiger partial charge on any atom is 0.226 e. The molecule has 1 atom stereocenters. The molecule has 2 aliphatic rings. The predicted octanol–water partition coefficient (Wildman–Crippen LogP) is 3.05. The van der Waals surface area contributed by atoms with Gasteiger partial charge in [0.25, 0.3) is 0 Å². The van der Waals surface area contributed by atoms with Crippen LogP contribution >= 0.6 is 22.9 Å². The highest BCUT2D eigenvalue weighted by Crippen LogP contribution is 2.36. The molecule has 0 radical (unpaired) electrons. The number of rotatable bonds is 2. The van der Waals surface area contributed by atoms with Crippen molar-refractivity contribution in [1.82, 2.24) is 14.3 Å². The molecule has 1 N–H and O–H groups in total. The van der Waals surface area contributed by atoms with Crippen LogP contribution in [0.25, 0.3) is 16.6 Å². The Balaban J connectivity index is 1.46. The predicted molar refractivity (Wildman–Crippen MR) is 109 cm³/mol. The number of thiazole rings is 1. The summed E-state index contributed by atoms with van der Waals surface area (Å²) >= 11 is 7.41. The number of imidazole rings is 1. The largest absolute Gasteiger partial charge is 0.460 e. The summed E-state index contributed by atoms with van der Waals surface area (Å²) in [6.07, 6.45) is 4.58. The quantitative estimate of drug-likeness (QED) is 0.714. The highest BCUT2D eigenvalue weighted by molar-refractivity contribution is 7.20. The molecule has 0 saturated carbocycles. The molecular weight excluding hydrogens is 384 g/mol. The fourth-order valence-electron chi connectivity index (χ4n) is 3.54. The van der Waals surface area contributed by atoms with Crippen molar-refractivity contribution in [3.8, 4) is 5.75 Å². The van der Waals surface area contributed by atoms with E-state index in [9.17, 15) is 5.11 Å². The summed E-state index contributed by atoms with van der Waals surface area (Å²) in [4.78, 5) is 10.0. The number of ether oxygens (including phenoxy) is 1. The van der Waals surface area contributed by atoms with Crippen LogP contribution in [0.1, 0.15) is 11.3 Å². The topological polar surface area (TPSA) is 53.2 Å². The van der Waals surface area contributed by atoms with Crippen molar-refractivity contribution < 1.29 is 9.84 Å². The van der Waals surface area contributed by atoms with E-state index in [1.807, 2.05) is 35.0 Å². The van der Waals surface area contributed by atoms with Crippen LogP contribution in [0.2, 0.25) is 4.34 Å². The van der Waals surface area contributed by atoms with Gasteiger partial charge in [-0.1, -0.05) is 22.9 Å². The smallest absolute Gasteiger partial charge is 0.226 e. The zero-order valence-corrected chi connectivity index (χ0v) is 16.4. The summed E-state index contributed by atoms with van der Waals surface area (Å²) in [6.45, 7) is 4.08. The minimum atomic E-state index is -1.04. The molecule has 5 rings (SSSR count). The maximum absolute atomic E-state index is 10.5. The fraction of sp³-hybridized carbons (Fsp3) is 0.316. The molecule has 1 saturated heterocycles. The summed E-state index contributed by atoms with van der Waals surface area (Å²) in [5.74, 6) is 0.701. The Morgan fingerprint density at radius 1 is 1.22 bits per heavy atom. The van der Waals surface area contributed by atoms with E-state index in [1.54, 1.807) is 0 Å². The van der Waals surface area contributed by atoms with E-state index in [2.05, 4.69) is 27.9 Å². The Hall–Kier alpha value is -2.06. The Morgan fingerprint density at radius 2 is 2.04 bits per heavy atom. The SMILES string of the molecule is CN1CCN(c2ccc3c(c2)OC(O)C(c2cn4cc(Cl)sc4n2)=C3)CC1. The highest BCUT2D eigenvalue weighted by atomic mass is 35.5. The van der Waals surface area contributed by atoms with Gasteiger partial charge in [0.1, 0.15) is 10.1 Å². The minimum Gasteiger partial charge on any atom is -0.460 e. The number of benzene rings is 1. The Bertz CT molecular complexity index is 1000. The number of likely N-dealkylation sites (N-methyl/N-ethyl adjacent to an activating group) is 1. The normalized spacial score (nSPS) is 20.5. The maximum atomic E-state index is 10.5. The van der Waals surface area contributed by atoms with E-state index >= 15 is 0 Å². The molecule has 1 aromatic carbocycles. The average Bonchev–Trinajstić information content (AvgIpc) is 3.18. The molecule has 3 aromatic rings. The summed E-state index contributed by atoms with van der Waals surface area (Å²) < 4.78 is 8.37. The number of aromatic nitrogens is 2. The molecule has 8 heteroatoms. The van der Waals surface area contributed by atoms with Gasteiger partial charge < -0.3 is 19.6 Å². The molecule has 0 spiro atoms. The van der Waals surface area contributed by atoms with Gasteiger partial charge in [0.2, 0.25) is 6.29 Å². The zero-order valence-electron chi connectivity index (χ0n) is 14.8. The lowest BCUT2D eigenvalue weighted by Crippen LogP contribution is -2.44. The van der Waals surface area contributed by atoms with Gasteiger partial charge in [0, 0.05) is 61.5 Å². The number of aliphatic hydroxyl groups is 1. The van der Waals surface area contributed by atoms with Crippen molar-refractivity contribution in [2.45, 2.75) is 6.29 Å². The fourth-order valence-corrected chi connectivity index (χ4v) is 4.54. The Morgan fingerprint density at radius 3 is 2.81 bits per heavy atom. The number of piperazine rings is 1. The highest BCUT2D eigenvalue weighted by Gasteiger charge is 2.25. The molecule has 2 aliphatic heterocycles. The molecule has 6 nitrogen and oxygen atoms in total. The lowest BCUT2D eigenvalue weighted by Gasteiger charge is -2.34. The first kappa shape index (κ1) is 17.1. The molecule has 1 unspecified atom stereocenters. The van der Waals surface area contributed by atoms with Crippen LogP contribution in [0.3, 0.4) is 0 Å². The molecule has 2 aromatic heterocycles. The van der Waals surface area contributed by atoms with E-state index in [-0.39, 0.29) is 0 Å². The third-order valence-electron chi connectivity index (χ3n) is 5.10. The molecule has 27 heavy (non-hydrogen) atoms. The van der Waals surface area contributed by atoms with Crippen LogP contribution in [0.15, 0.2) is 30.6 Å². The minimum absolute atomic E-state index is 0.655. The molecule has 1 fully saturated rings. The number of nitrogens with zero attached hydrogens (tertiary/aromatic N) is 4. The van der Waals surface area contributed by atoms with Gasteiger partial charge in [0.15, 0.2) is 4.96 Å². The second-order valence-corrected chi connectivity index (χ2v) is 8.57. The summed E-state index contributed by atoms with van der Waals surface area (Å²) in [5, 5.41) is 10.5. The van der Waals surface area contributed by atoms with Crippen LogP contribution in [0.4, 0.5) is 5.69 Å². The zero-order chi connectivity index (χ0) is 18.5. The third kappa shape index (κ3) is 3.10. The number of hydrogen-bond donors (Lipinski definition) is 1. The van der Waals surface area contributed by atoms with Gasteiger partial charge in [-0.15, -0.1) is 0 Å². The summed E-state index contributed by atoms with van der Waals surface area (Å²) in [7, 11) is 2.14. The van der Waals surface area contributed by atoms with Crippen molar-refractivity contribution in [1.29, 1.82) is 0 Å². The lowest BCUT2D eigenvalue weighted by atomic mass is 10.0. The van der Waals surface area contributed by atoms with Gasteiger partial charge in [0.05, 0.1) is 5.69 Å². The van der Waals surface area contributed by atoms with Gasteiger partial charge in [-0.2, -0.15) is 0 Å². The van der Waals surface area contributed by atoms with Crippen LogP contribution < -0.4 is 9.64 Å². The van der Waals surface area contributed by atoms with Gasteiger partial charge in [-0.25, -0.2) is 4.98 Å². The van der Waals surface area contributed by atoms with Gasteiger partial charge in [-0.3, -0.25) is 4.40 Å². The van der Waals surface area contributed by atoms with Crippen molar-refractivity contribution in [3.05, 3.63) is 46.2 Å². The number of aliphatic hydroxyl groups excluding tert-OH is 1. The van der Waals surface area contributed by atoms with Crippen LogP contribution in [-0.4, -0.2) is 58.9 Å². The molecule has 0 bridgehead atoms. The Kier molecular flexibility index (Phi) is 4.12. The molecule has 140 valence electrons. The van der Waals surface area contributed by atoms with E-state index in [1.165, 1.54) is 11.3 Å². The average molecular weight is 403 g/mol. The molecular formula is C19H19ClN4O2S. The Labute approximate surface area is 165 Å². The summed E-state index contributed by atoms with van der Waals surface area (Å²) in [6, 6.07) is 6.18. The number of anilines is 1. The standard InChI is InChI=1S/C19H19ClN4O2S/c1-22-4-6-23(7-5-22)13-3-2-12-8-14(18(25)26-16(12)9-13)15-10-24-11-17(20)27-19(24)21-15/h2-3,8-11,18,25H,4-7H2,1H3.